The SMILES string of the molecule is C[C@H](Nc1cccc2c(F)ccnc12)C(=O)O. The molecule has 5 heteroatoms. The van der Waals surface area contributed by atoms with Crippen LogP contribution in [-0.2, 0) is 4.79 Å². The van der Waals surface area contributed by atoms with Gasteiger partial charge in [0.25, 0.3) is 0 Å². The summed E-state index contributed by atoms with van der Waals surface area (Å²) >= 11 is 0. The van der Waals surface area contributed by atoms with Gasteiger partial charge in [0.05, 0.1) is 11.2 Å². The second-order valence-electron chi connectivity index (χ2n) is 3.70. The third-order valence-corrected chi connectivity index (χ3v) is 2.46. The number of anilines is 1. The first-order valence-corrected chi connectivity index (χ1v) is 5.12. The van der Waals surface area contributed by atoms with Gasteiger partial charge in [0.2, 0.25) is 0 Å². The summed E-state index contributed by atoms with van der Waals surface area (Å²) < 4.78 is 13.5. The van der Waals surface area contributed by atoms with Crippen LogP contribution in [0.15, 0.2) is 30.5 Å². The van der Waals surface area contributed by atoms with E-state index in [4.69, 9.17) is 5.11 Å². The Morgan fingerprint density at radius 2 is 2.24 bits per heavy atom. The predicted molar refractivity (Wildman–Crippen MR) is 62.4 cm³/mol. The molecule has 0 aliphatic heterocycles. The molecule has 0 saturated heterocycles. The number of fused-ring (bicyclic) bond motifs is 1. The monoisotopic (exact) mass is 234 g/mol. The molecule has 2 aromatic rings. The van der Waals surface area contributed by atoms with Crippen molar-refractivity contribution in [2.45, 2.75) is 13.0 Å². The first-order chi connectivity index (χ1) is 8.09. The number of pyridine rings is 1. The fourth-order valence-electron chi connectivity index (χ4n) is 1.55. The van der Waals surface area contributed by atoms with E-state index in [-0.39, 0.29) is 5.82 Å². The highest BCUT2D eigenvalue weighted by Gasteiger charge is 2.13. The zero-order valence-electron chi connectivity index (χ0n) is 9.14. The van der Waals surface area contributed by atoms with Crippen LogP contribution in [0.1, 0.15) is 6.92 Å². The minimum atomic E-state index is -0.974. The van der Waals surface area contributed by atoms with Crippen LogP contribution in [0.25, 0.3) is 10.9 Å². The van der Waals surface area contributed by atoms with E-state index in [0.29, 0.717) is 16.6 Å². The largest absolute Gasteiger partial charge is 0.480 e. The number of benzene rings is 1. The lowest BCUT2D eigenvalue weighted by Crippen LogP contribution is -2.25. The van der Waals surface area contributed by atoms with Gasteiger partial charge in [-0.25, -0.2) is 4.39 Å². The summed E-state index contributed by atoms with van der Waals surface area (Å²) in [6.07, 6.45) is 1.36. The van der Waals surface area contributed by atoms with Crippen molar-refractivity contribution in [2.24, 2.45) is 0 Å². The Morgan fingerprint density at radius 3 is 2.94 bits per heavy atom. The van der Waals surface area contributed by atoms with Crippen LogP contribution in [0.3, 0.4) is 0 Å². The van der Waals surface area contributed by atoms with Crippen LogP contribution >= 0.6 is 0 Å². The lowest BCUT2D eigenvalue weighted by Gasteiger charge is -2.12. The quantitative estimate of drug-likeness (QED) is 0.855. The van der Waals surface area contributed by atoms with Gasteiger partial charge in [0, 0.05) is 11.6 Å². The first-order valence-electron chi connectivity index (χ1n) is 5.12. The van der Waals surface area contributed by atoms with Crippen molar-refractivity contribution in [2.75, 3.05) is 5.32 Å². The molecule has 4 nitrogen and oxygen atoms in total. The van der Waals surface area contributed by atoms with Crippen molar-refractivity contribution in [3.63, 3.8) is 0 Å². The third kappa shape index (κ3) is 2.18. The van der Waals surface area contributed by atoms with Gasteiger partial charge in [-0.15, -0.1) is 0 Å². The predicted octanol–water partition coefficient (Wildman–Crippen LogP) is 2.26. The van der Waals surface area contributed by atoms with Crippen molar-refractivity contribution in [3.8, 4) is 0 Å². The van der Waals surface area contributed by atoms with Crippen LogP contribution in [0.2, 0.25) is 0 Å². The van der Waals surface area contributed by atoms with E-state index in [1.54, 1.807) is 18.2 Å². The average Bonchev–Trinajstić information content (AvgIpc) is 2.30. The molecule has 0 spiro atoms. The van der Waals surface area contributed by atoms with E-state index in [1.807, 2.05) is 0 Å². The number of hydrogen-bond donors (Lipinski definition) is 2. The molecule has 17 heavy (non-hydrogen) atoms. The Hall–Kier alpha value is -2.17. The van der Waals surface area contributed by atoms with Crippen molar-refractivity contribution < 1.29 is 14.3 Å². The zero-order chi connectivity index (χ0) is 12.4. The molecule has 1 aromatic carbocycles. The highest BCUT2D eigenvalue weighted by atomic mass is 19.1. The minimum Gasteiger partial charge on any atom is -0.480 e. The second-order valence-corrected chi connectivity index (χ2v) is 3.70. The number of nitrogens with zero attached hydrogens (tertiary/aromatic N) is 1. The number of carboxylic acid groups (broad SMARTS) is 1. The highest BCUT2D eigenvalue weighted by molar-refractivity contribution is 5.92. The highest BCUT2D eigenvalue weighted by Crippen LogP contribution is 2.23. The lowest BCUT2D eigenvalue weighted by molar-refractivity contribution is -0.137. The molecule has 0 bridgehead atoms. The van der Waals surface area contributed by atoms with Crippen molar-refractivity contribution in [1.29, 1.82) is 0 Å². The summed E-state index contributed by atoms with van der Waals surface area (Å²) in [7, 11) is 0. The maximum atomic E-state index is 13.5. The molecule has 0 fully saturated rings. The molecule has 0 saturated carbocycles. The fourth-order valence-corrected chi connectivity index (χ4v) is 1.55. The number of hydrogen-bond acceptors (Lipinski definition) is 3. The molecule has 88 valence electrons. The molecule has 2 N–H and O–H groups in total. The fraction of sp³-hybridized carbons (Fsp3) is 0.167. The number of para-hydroxylation sites is 1. The molecule has 0 aliphatic rings. The number of aliphatic carboxylic acids is 1. The molecule has 0 unspecified atom stereocenters. The van der Waals surface area contributed by atoms with Crippen LogP contribution in [-0.4, -0.2) is 22.1 Å². The third-order valence-electron chi connectivity index (χ3n) is 2.46. The average molecular weight is 234 g/mol. The lowest BCUT2D eigenvalue weighted by atomic mass is 10.1. The Morgan fingerprint density at radius 1 is 1.47 bits per heavy atom. The minimum absolute atomic E-state index is 0.370. The van der Waals surface area contributed by atoms with Crippen LogP contribution in [0, 0.1) is 5.82 Å². The van der Waals surface area contributed by atoms with Crippen LogP contribution in [0.5, 0.6) is 0 Å². The summed E-state index contributed by atoms with van der Waals surface area (Å²) in [4.78, 5) is 14.8. The van der Waals surface area contributed by atoms with Gasteiger partial charge < -0.3 is 10.4 Å². The van der Waals surface area contributed by atoms with Gasteiger partial charge in [0.1, 0.15) is 11.9 Å². The Bertz CT molecular complexity index is 571. The van der Waals surface area contributed by atoms with Gasteiger partial charge in [-0.1, -0.05) is 6.07 Å². The number of carbonyl (C=O) groups is 1. The Labute approximate surface area is 97.1 Å². The van der Waals surface area contributed by atoms with E-state index < -0.39 is 12.0 Å². The molecule has 2 rings (SSSR count). The van der Waals surface area contributed by atoms with E-state index in [0.717, 1.165) is 0 Å². The van der Waals surface area contributed by atoms with E-state index in [9.17, 15) is 9.18 Å². The normalized spacial score (nSPS) is 12.4. The number of rotatable bonds is 3. The Balaban J connectivity index is 2.48. The summed E-state index contributed by atoms with van der Waals surface area (Å²) in [5.74, 6) is -1.35. The van der Waals surface area contributed by atoms with Crippen molar-refractivity contribution in [1.82, 2.24) is 4.98 Å². The topological polar surface area (TPSA) is 62.2 Å². The number of halogens is 1. The number of aromatic nitrogens is 1. The summed E-state index contributed by atoms with van der Waals surface area (Å²) in [5.41, 5.74) is 0.942. The van der Waals surface area contributed by atoms with E-state index in [1.165, 1.54) is 19.2 Å². The summed E-state index contributed by atoms with van der Waals surface area (Å²) in [5, 5.41) is 12.0. The number of nitrogens with one attached hydrogen (secondary N) is 1. The van der Waals surface area contributed by atoms with E-state index >= 15 is 0 Å². The van der Waals surface area contributed by atoms with Crippen LogP contribution < -0.4 is 5.32 Å². The van der Waals surface area contributed by atoms with Gasteiger partial charge in [-0.3, -0.25) is 9.78 Å². The molecule has 1 heterocycles. The van der Waals surface area contributed by atoms with Gasteiger partial charge in [-0.2, -0.15) is 0 Å². The molecule has 0 amide bonds. The second kappa shape index (κ2) is 4.37. The standard InChI is InChI=1S/C12H11FN2O2/c1-7(12(16)17)15-10-4-2-3-8-9(13)5-6-14-11(8)10/h2-7,15H,1H3,(H,16,17)/t7-/m0/s1. The van der Waals surface area contributed by atoms with Gasteiger partial charge in [0.15, 0.2) is 0 Å². The first kappa shape index (κ1) is 11.3. The molecular weight excluding hydrogens is 223 g/mol. The van der Waals surface area contributed by atoms with E-state index in [2.05, 4.69) is 10.3 Å². The van der Waals surface area contributed by atoms with Crippen molar-refractivity contribution in [3.05, 3.63) is 36.3 Å². The smallest absolute Gasteiger partial charge is 0.325 e. The molecular formula is C12H11FN2O2. The maximum Gasteiger partial charge on any atom is 0.325 e. The number of carboxylic acids is 1. The molecule has 0 aliphatic carbocycles. The molecule has 0 radical (unpaired) electrons. The summed E-state index contributed by atoms with van der Waals surface area (Å²) in [6.45, 7) is 1.51. The van der Waals surface area contributed by atoms with Gasteiger partial charge >= 0.3 is 5.97 Å². The maximum absolute atomic E-state index is 13.5. The zero-order valence-corrected chi connectivity index (χ0v) is 9.14. The van der Waals surface area contributed by atoms with Gasteiger partial charge in [-0.05, 0) is 25.1 Å². The molecule has 1 aromatic heterocycles. The Kier molecular flexibility index (Phi) is 2.91. The summed E-state index contributed by atoms with van der Waals surface area (Å²) in [6, 6.07) is 5.45. The molecule has 1 atom stereocenters. The van der Waals surface area contributed by atoms with Crippen molar-refractivity contribution >= 4 is 22.6 Å². The van der Waals surface area contributed by atoms with Crippen LogP contribution in [0.4, 0.5) is 10.1 Å².